The van der Waals surface area contributed by atoms with Crippen LogP contribution in [0.1, 0.15) is 34.7 Å². The number of carbonyl (C=O) groups excluding carboxylic acids is 2. The van der Waals surface area contributed by atoms with Crippen LogP contribution >= 0.6 is 0 Å². The first kappa shape index (κ1) is 21.5. The molecule has 1 saturated heterocycles. The van der Waals surface area contributed by atoms with Gasteiger partial charge in [0.1, 0.15) is 11.5 Å². The summed E-state index contributed by atoms with van der Waals surface area (Å²) in [6.07, 6.45) is 3.85. The maximum Gasteiger partial charge on any atom is 0.295 e. The van der Waals surface area contributed by atoms with E-state index in [4.69, 9.17) is 0 Å². The number of carbonyl (C=O) groups is 2. The van der Waals surface area contributed by atoms with E-state index < -0.39 is 17.7 Å². The lowest BCUT2D eigenvalue weighted by Crippen LogP contribution is -2.32. The second-order valence-corrected chi connectivity index (χ2v) is 7.88. The number of rotatable bonds is 6. The maximum absolute atomic E-state index is 13.0. The van der Waals surface area contributed by atoms with E-state index in [-0.39, 0.29) is 22.6 Å². The van der Waals surface area contributed by atoms with Crippen molar-refractivity contribution in [2.24, 2.45) is 0 Å². The van der Waals surface area contributed by atoms with Gasteiger partial charge in [0.25, 0.3) is 11.7 Å². The Morgan fingerprint density at radius 3 is 2.40 bits per heavy atom. The zero-order valence-electron chi connectivity index (χ0n) is 17.7. The van der Waals surface area contributed by atoms with Gasteiger partial charge in [0, 0.05) is 18.9 Å². The van der Waals surface area contributed by atoms with Gasteiger partial charge in [-0.3, -0.25) is 14.6 Å². The molecule has 0 saturated carbocycles. The Labute approximate surface area is 176 Å². The highest BCUT2D eigenvalue weighted by atomic mass is 16.3. The average molecular weight is 409 g/mol. The molecule has 0 spiro atoms. The number of Topliss-reactive ketones (excluding diaryl/α,β-unsaturated/α-hetero) is 1. The van der Waals surface area contributed by atoms with Crippen LogP contribution in [-0.2, 0) is 9.59 Å². The molecule has 1 aliphatic rings. The molecule has 7 nitrogen and oxygen atoms in total. The number of ketones is 1. The van der Waals surface area contributed by atoms with Crippen molar-refractivity contribution in [2.75, 3.05) is 27.2 Å². The Morgan fingerprint density at radius 1 is 1.13 bits per heavy atom. The molecule has 2 heterocycles. The summed E-state index contributed by atoms with van der Waals surface area (Å²) < 4.78 is 0. The van der Waals surface area contributed by atoms with Gasteiger partial charge >= 0.3 is 0 Å². The molecule has 158 valence electrons. The van der Waals surface area contributed by atoms with Crippen LogP contribution in [0.5, 0.6) is 5.75 Å². The molecule has 2 N–H and O–H groups in total. The van der Waals surface area contributed by atoms with Crippen molar-refractivity contribution >= 4 is 17.4 Å². The smallest absolute Gasteiger partial charge is 0.295 e. The number of phenols is 1. The summed E-state index contributed by atoms with van der Waals surface area (Å²) in [5, 5.41) is 21.5. The Kier molecular flexibility index (Phi) is 6.22. The number of likely N-dealkylation sites (tertiary alicyclic amines) is 1. The highest BCUT2D eigenvalue weighted by Crippen LogP contribution is 2.41. The second-order valence-electron chi connectivity index (χ2n) is 7.88. The van der Waals surface area contributed by atoms with Crippen molar-refractivity contribution < 1.29 is 19.8 Å². The number of phenolic OH excluding ortho intramolecular Hbond substituents is 1. The summed E-state index contributed by atoms with van der Waals surface area (Å²) in [5.74, 6) is -1.91. The molecule has 1 aromatic carbocycles. The normalized spacial score (nSPS) is 18.4. The molecule has 2 aromatic rings. The molecule has 1 atom stereocenters. The van der Waals surface area contributed by atoms with Crippen LogP contribution in [-0.4, -0.2) is 63.9 Å². The Balaban J connectivity index is 2.13. The first-order valence-corrected chi connectivity index (χ1v) is 9.86. The zero-order chi connectivity index (χ0) is 22.0. The number of aryl methyl sites for hydroxylation is 2. The van der Waals surface area contributed by atoms with E-state index >= 15 is 0 Å². The quantitative estimate of drug-likeness (QED) is 0.433. The fourth-order valence-electron chi connectivity index (χ4n) is 3.70. The van der Waals surface area contributed by atoms with Crippen LogP contribution in [0.4, 0.5) is 0 Å². The predicted molar refractivity (Wildman–Crippen MR) is 114 cm³/mol. The largest absolute Gasteiger partial charge is 0.507 e. The lowest BCUT2D eigenvalue weighted by atomic mass is 9.94. The van der Waals surface area contributed by atoms with E-state index in [0.29, 0.717) is 18.5 Å². The van der Waals surface area contributed by atoms with Gasteiger partial charge < -0.3 is 20.0 Å². The number of hydrogen-bond donors (Lipinski definition) is 2. The topological polar surface area (TPSA) is 94.0 Å². The standard InChI is InChI=1S/C23H27N3O4/c1-14-12-17(18(27)13-15(14)2)21(28)19-20(16-6-8-24-9-7-16)26(23(30)22(19)29)11-5-10-25(3)4/h6-9,12-13,20,27-28H,5,10-11H2,1-4H3/t20-/m1/s1. The number of nitrogens with zero attached hydrogens (tertiary/aromatic N) is 3. The molecule has 1 aliphatic heterocycles. The van der Waals surface area contributed by atoms with Crippen molar-refractivity contribution in [3.8, 4) is 5.75 Å². The van der Waals surface area contributed by atoms with Crippen molar-refractivity contribution in [2.45, 2.75) is 26.3 Å². The molecule has 1 amide bonds. The number of aliphatic hydroxyl groups is 1. The van der Waals surface area contributed by atoms with Gasteiger partial charge in [0.05, 0.1) is 17.2 Å². The lowest BCUT2D eigenvalue weighted by Gasteiger charge is -2.26. The monoisotopic (exact) mass is 409 g/mol. The number of aromatic hydroxyl groups is 1. The fourth-order valence-corrected chi connectivity index (χ4v) is 3.70. The van der Waals surface area contributed by atoms with Crippen LogP contribution in [0.2, 0.25) is 0 Å². The van der Waals surface area contributed by atoms with Crippen molar-refractivity contribution in [1.82, 2.24) is 14.8 Å². The number of benzene rings is 1. The van der Waals surface area contributed by atoms with E-state index in [1.54, 1.807) is 36.7 Å². The summed E-state index contributed by atoms with van der Waals surface area (Å²) in [6, 6.07) is 5.88. The van der Waals surface area contributed by atoms with Gasteiger partial charge in [-0.15, -0.1) is 0 Å². The molecule has 0 radical (unpaired) electrons. The van der Waals surface area contributed by atoms with E-state index in [9.17, 15) is 19.8 Å². The molecule has 1 aromatic heterocycles. The summed E-state index contributed by atoms with van der Waals surface area (Å²) in [6.45, 7) is 4.82. The van der Waals surface area contributed by atoms with E-state index in [1.165, 1.54) is 4.90 Å². The molecular formula is C23H27N3O4. The van der Waals surface area contributed by atoms with Crippen molar-refractivity contribution in [3.63, 3.8) is 0 Å². The summed E-state index contributed by atoms with van der Waals surface area (Å²) >= 11 is 0. The molecule has 7 heteroatoms. The van der Waals surface area contributed by atoms with Crippen LogP contribution < -0.4 is 0 Å². The first-order valence-electron chi connectivity index (χ1n) is 9.86. The third-order valence-electron chi connectivity index (χ3n) is 5.43. The predicted octanol–water partition coefficient (Wildman–Crippen LogP) is 2.78. The number of aromatic nitrogens is 1. The summed E-state index contributed by atoms with van der Waals surface area (Å²) in [5.41, 5.74) is 2.52. The van der Waals surface area contributed by atoms with Crippen LogP contribution in [0.15, 0.2) is 42.2 Å². The van der Waals surface area contributed by atoms with Crippen LogP contribution in [0.3, 0.4) is 0 Å². The van der Waals surface area contributed by atoms with E-state index in [2.05, 4.69) is 4.98 Å². The third-order valence-corrected chi connectivity index (χ3v) is 5.43. The van der Waals surface area contributed by atoms with Gasteiger partial charge in [-0.05, 0) is 81.9 Å². The van der Waals surface area contributed by atoms with Crippen molar-refractivity contribution in [1.29, 1.82) is 0 Å². The van der Waals surface area contributed by atoms with Gasteiger partial charge in [-0.1, -0.05) is 0 Å². The number of pyridine rings is 1. The highest BCUT2D eigenvalue weighted by Gasteiger charge is 2.46. The number of aliphatic hydroxyl groups excluding tert-OH is 1. The number of hydrogen-bond acceptors (Lipinski definition) is 6. The fraction of sp³-hybridized carbons (Fsp3) is 0.348. The molecule has 0 unspecified atom stereocenters. The molecule has 30 heavy (non-hydrogen) atoms. The van der Waals surface area contributed by atoms with E-state index in [1.807, 2.05) is 32.8 Å². The van der Waals surface area contributed by atoms with Crippen LogP contribution in [0.25, 0.3) is 5.76 Å². The Hall–Kier alpha value is -3.19. The third kappa shape index (κ3) is 4.07. The molecule has 0 bridgehead atoms. The van der Waals surface area contributed by atoms with Gasteiger partial charge in [0.2, 0.25) is 0 Å². The average Bonchev–Trinajstić information content (AvgIpc) is 2.95. The molecule has 0 aliphatic carbocycles. The second kappa shape index (κ2) is 8.67. The minimum atomic E-state index is -0.753. The van der Waals surface area contributed by atoms with Gasteiger partial charge in [-0.25, -0.2) is 0 Å². The molecule has 1 fully saturated rings. The summed E-state index contributed by atoms with van der Waals surface area (Å²) in [4.78, 5) is 33.3. The Bertz CT molecular complexity index is 999. The number of amides is 1. The van der Waals surface area contributed by atoms with Gasteiger partial charge in [0.15, 0.2) is 0 Å². The Morgan fingerprint density at radius 2 is 1.77 bits per heavy atom. The van der Waals surface area contributed by atoms with Gasteiger partial charge in [-0.2, -0.15) is 0 Å². The SMILES string of the molecule is Cc1cc(O)c(C(O)=C2C(=O)C(=O)N(CCCN(C)C)[C@@H]2c2ccncc2)cc1C. The summed E-state index contributed by atoms with van der Waals surface area (Å²) in [7, 11) is 3.88. The van der Waals surface area contributed by atoms with Crippen LogP contribution in [0, 0.1) is 13.8 Å². The lowest BCUT2D eigenvalue weighted by molar-refractivity contribution is -0.139. The zero-order valence-corrected chi connectivity index (χ0v) is 17.7. The molecular weight excluding hydrogens is 382 g/mol. The first-order chi connectivity index (χ1) is 14.2. The highest BCUT2D eigenvalue weighted by molar-refractivity contribution is 6.46. The minimum absolute atomic E-state index is 0.0189. The maximum atomic E-state index is 13.0. The molecule has 3 rings (SSSR count). The minimum Gasteiger partial charge on any atom is -0.507 e. The van der Waals surface area contributed by atoms with E-state index in [0.717, 1.165) is 17.7 Å². The van der Waals surface area contributed by atoms with Crippen molar-refractivity contribution in [3.05, 3.63) is 64.5 Å².